The Morgan fingerprint density at radius 2 is 1.71 bits per heavy atom. The molecule has 4 rings (SSSR count). The fourth-order valence-corrected chi connectivity index (χ4v) is 3.36. The van der Waals surface area contributed by atoms with Gasteiger partial charge in [-0.05, 0) is 35.6 Å². The largest absolute Gasteiger partial charge is 0.491 e. The second-order valence-corrected chi connectivity index (χ2v) is 6.23. The van der Waals surface area contributed by atoms with Gasteiger partial charge in [-0.25, -0.2) is 0 Å². The summed E-state index contributed by atoms with van der Waals surface area (Å²) < 4.78 is 5.75. The van der Waals surface area contributed by atoms with E-state index in [0.29, 0.717) is 6.61 Å². The van der Waals surface area contributed by atoms with E-state index in [4.69, 9.17) is 4.74 Å². The molecule has 126 valence electrons. The Hall–Kier alpha value is -2.04. The van der Waals surface area contributed by atoms with E-state index < -0.39 is 0 Å². The van der Waals surface area contributed by atoms with Gasteiger partial charge in [-0.2, -0.15) is 0 Å². The van der Waals surface area contributed by atoms with Crippen LogP contribution in [-0.4, -0.2) is 24.6 Å². The molecular formula is C19H21ClN2O2. The van der Waals surface area contributed by atoms with Crippen LogP contribution in [0.3, 0.4) is 0 Å². The Balaban J connectivity index is 0.00000169. The Morgan fingerprint density at radius 1 is 1.00 bits per heavy atom. The van der Waals surface area contributed by atoms with Gasteiger partial charge in [0.2, 0.25) is 5.91 Å². The minimum atomic E-state index is -0.165. The number of nitrogens with one attached hydrogen (secondary N) is 2. The van der Waals surface area contributed by atoms with Crippen molar-refractivity contribution in [1.82, 2.24) is 10.6 Å². The van der Waals surface area contributed by atoms with Gasteiger partial charge in [0.25, 0.3) is 0 Å². The maximum Gasteiger partial charge on any atom is 0.237 e. The Bertz CT molecular complexity index is 735. The van der Waals surface area contributed by atoms with Gasteiger partial charge in [-0.3, -0.25) is 4.79 Å². The molecule has 0 aromatic heterocycles. The van der Waals surface area contributed by atoms with Crippen molar-refractivity contribution in [2.75, 3.05) is 6.61 Å². The molecule has 4 nitrogen and oxygen atoms in total. The van der Waals surface area contributed by atoms with Gasteiger partial charge in [0, 0.05) is 6.54 Å². The van der Waals surface area contributed by atoms with Gasteiger partial charge in [0.1, 0.15) is 12.4 Å². The van der Waals surface area contributed by atoms with E-state index >= 15 is 0 Å². The summed E-state index contributed by atoms with van der Waals surface area (Å²) in [5, 5.41) is 6.46. The summed E-state index contributed by atoms with van der Waals surface area (Å²) in [6.45, 7) is 1.28. The fraction of sp³-hybridized carbons (Fsp3) is 0.316. The van der Waals surface area contributed by atoms with E-state index in [1.54, 1.807) is 0 Å². The summed E-state index contributed by atoms with van der Waals surface area (Å²) in [6.07, 6.45) is 1.57. The van der Waals surface area contributed by atoms with Gasteiger partial charge in [-0.15, -0.1) is 12.4 Å². The Kier molecular flexibility index (Phi) is 5.07. The number of hydrogen-bond donors (Lipinski definition) is 2. The zero-order valence-electron chi connectivity index (χ0n) is 13.3. The number of hydrogen-bond acceptors (Lipinski definition) is 3. The summed E-state index contributed by atoms with van der Waals surface area (Å²) in [5.41, 5.74) is 3.70. The highest BCUT2D eigenvalue weighted by atomic mass is 35.5. The van der Waals surface area contributed by atoms with Crippen molar-refractivity contribution in [3.05, 3.63) is 65.2 Å². The van der Waals surface area contributed by atoms with Crippen molar-refractivity contribution in [1.29, 1.82) is 0 Å². The zero-order valence-corrected chi connectivity index (χ0v) is 14.1. The van der Waals surface area contributed by atoms with Crippen LogP contribution in [-0.2, 0) is 24.2 Å². The average Bonchev–Trinajstić information content (AvgIpc) is 2.61. The molecule has 2 atom stereocenters. The third-order valence-corrected chi connectivity index (χ3v) is 4.62. The molecule has 0 saturated heterocycles. The number of halogens is 1. The first kappa shape index (κ1) is 16.8. The molecule has 2 aliphatic rings. The Labute approximate surface area is 148 Å². The van der Waals surface area contributed by atoms with Crippen LogP contribution in [0.5, 0.6) is 5.75 Å². The van der Waals surface area contributed by atoms with Crippen molar-refractivity contribution in [3.8, 4) is 5.75 Å². The van der Waals surface area contributed by atoms with E-state index in [0.717, 1.165) is 30.7 Å². The van der Waals surface area contributed by atoms with E-state index in [-0.39, 0.29) is 30.4 Å². The summed E-state index contributed by atoms with van der Waals surface area (Å²) in [4.78, 5) is 12.6. The monoisotopic (exact) mass is 344 g/mol. The molecule has 0 saturated carbocycles. The lowest BCUT2D eigenvalue weighted by Gasteiger charge is -2.30. The van der Waals surface area contributed by atoms with Gasteiger partial charge in [0.15, 0.2) is 0 Å². The molecule has 0 aliphatic carbocycles. The fourth-order valence-electron chi connectivity index (χ4n) is 3.36. The first-order valence-corrected chi connectivity index (χ1v) is 8.11. The molecule has 0 radical (unpaired) electrons. The normalized spacial score (nSPS) is 21.5. The van der Waals surface area contributed by atoms with Crippen LogP contribution in [0, 0.1) is 0 Å². The highest BCUT2D eigenvalue weighted by Gasteiger charge is 2.27. The number of rotatable bonds is 2. The maximum atomic E-state index is 12.6. The molecule has 24 heavy (non-hydrogen) atoms. The molecule has 2 aromatic carbocycles. The van der Waals surface area contributed by atoms with E-state index in [9.17, 15) is 4.79 Å². The van der Waals surface area contributed by atoms with E-state index in [1.807, 2.05) is 30.3 Å². The van der Waals surface area contributed by atoms with Crippen molar-refractivity contribution in [2.45, 2.75) is 31.5 Å². The van der Waals surface area contributed by atoms with Gasteiger partial charge in [-0.1, -0.05) is 42.5 Å². The summed E-state index contributed by atoms with van der Waals surface area (Å²) in [5.74, 6) is 0.996. The molecular weight excluding hydrogens is 324 g/mol. The quantitative estimate of drug-likeness (QED) is 0.878. The smallest absolute Gasteiger partial charge is 0.237 e. The number of amides is 1. The van der Waals surface area contributed by atoms with Crippen LogP contribution in [0.4, 0.5) is 0 Å². The molecule has 2 heterocycles. The van der Waals surface area contributed by atoms with Gasteiger partial charge >= 0.3 is 0 Å². The number of carbonyl (C=O) groups is 1. The number of ether oxygens (including phenoxy) is 1. The van der Waals surface area contributed by atoms with Crippen LogP contribution in [0.1, 0.15) is 16.7 Å². The lowest BCUT2D eigenvalue weighted by Crippen LogP contribution is -2.52. The van der Waals surface area contributed by atoms with E-state index in [1.165, 1.54) is 11.1 Å². The predicted octanol–water partition coefficient (Wildman–Crippen LogP) is 2.24. The third kappa shape index (κ3) is 3.40. The lowest BCUT2D eigenvalue weighted by atomic mass is 9.95. The van der Waals surface area contributed by atoms with Gasteiger partial charge < -0.3 is 15.4 Å². The maximum absolute atomic E-state index is 12.6. The molecule has 1 amide bonds. The summed E-state index contributed by atoms with van der Waals surface area (Å²) in [6, 6.07) is 16.2. The van der Waals surface area contributed by atoms with Crippen LogP contribution in [0.25, 0.3) is 0 Å². The third-order valence-electron chi connectivity index (χ3n) is 4.62. The topological polar surface area (TPSA) is 50.4 Å². The minimum absolute atomic E-state index is 0. The highest BCUT2D eigenvalue weighted by molar-refractivity contribution is 5.85. The molecule has 2 unspecified atom stereocenters. The first-order chi connectivity index (χ1) is 11.3. The number of carbonyl (C=O) groups excluding carboxylic acids is 1. The first-order valence-electron chi connectivity index (χ1n) is 8.11. The van der Waals surface area contributed by atoms with Crippen molar-refractivity contribution < 1.29 is 9.53 Å². The van der Waals surface area contributed by atoms with Crippen LogP contribution in [0.15, 0.2) is 48.5 Å². The Morgan fingerprint density at radius 3 is 2.54 bits per heavy atom. The summed E-state index contributed by atoms with van der Waals surface area (Å²) >= 11 is 0. The molecule has 0 spiro atoms. The van der Waals surface area contributed by atoms with Crippen molar-refractivity contribution >= 4 is 18.3 Å². The number of fused-ring (bicyclic) bond motifs is 2. The lowest BCUT2D eigenvalue weighted by molar-refractivity contribution is -0.124. The molecule has 2 aromatic rings. The second-order valence-electron chi connectivity index (χ2n) is 6.23. The van der Waals surface area contributed by atoms with Crippen LogP contribution < -0.4 is 15.4 Å². The second kappa shape index (κ2) is 7.24. The number of para-hydroxylation sites is 1. The zero-order chi connectivity index (χ0) is 15.6. The SMILES string of the molecule is Cl.O=C(NC1COc2ccccc2C1)C1Cc2ccccc2CN1. The molecule has 5 heteroatoms. The minimum Gasteiger partial charge on any atom is -0.491 e. The molecule has 0 bridgehead atoms. The van der Waals surface area contributed by atoms with E-state index in [2.05, 4.69) is 28.8 Å². The highest BCUT2D eigenvalue weighted by Crippen LogP contribution is 2.24. The molecule has 0 fully saturated rings. The van der Waals surface area contributed by atoms with Crippen molar-refractivity contribution in [2.24, 2.45) is 0 Å². The molecule has 2 N–H and O–H groups in total. The van der Waals surface area contributed by atoms with Gasteiger partial charge in [0.05, 0.1) is 12.1 Å². The van der Waals surface area contributed by atoms with Crippen molar-refractivity contribution in [3.63, 3.8) is 0 Å². The summed E-state index contributed by atoms with van der Waals surface area (Å²) in [7, 11) is 0. The van der Waals surface area contributed by atoms with Crippen LogP contribution in [0.2, 0.25) is 0 Å². The average molecular weight is 345 g/mol. The molecule has 2 aliphatic heterocycles. The van der Waals surface area contributed by atoms with Crippen LogP contribution >= 0.6 is 12.4 Å². The predicted molar refractivity (Wildman–Crippen MR) is 95.6 cm³/mol. The standard InChI is InChI=1S/C19H20N2O2.ClH/c22-19(17-10-13-5-1-2-7-15(13)11-20-17)21-16-9-14-6-3-4-8-18(14)23-12-16;/h1-8,16-17,20H,9-12H2,(H,21,22);1H. The number of benzene rings is 2.